The Balaban J connectivity index is 1.47. The minimum absolute atomic E-state index is 0.306. The van der Waals surface area contributed by atoms with E-state index in [4.69, 9.17) is 18.9 Å². The molecule has 2 aromatic heterocycles. The van der Waals surface area contributed by atoms with E-state index in [1.54, 1.807) is 40.6 Å². The van der Waals surface area contributed by atoms with Crippen LogP contribution in [0.1, 0.15) is 0 Å². The highest BCUT2D eigenvalue weighted by Crippen LogP contribution is 2.41. The summed E-state index contributed by atoms with van der Waals surface area (Å²) in [5.74, 6) is 3.43. The highest BCUT2D eigenvalue weighted by atomic mass is 16.5. The monoisotopic (exact) mass is 525 g/mol. The third kappa shape index (κ3) is 5.37. The first-order valence-electron chi connectivity index (χ1n) is 11.9. The summed E-state index contributed by atoms with van der Waals surface area (Å²) in [7, 11) is 6.30. The molecule has 39 heavy (non-hydrogen) atoms. The van der Waals surface area contributed by atoms with E-state index in [1.807, 2.05) is 54.6 Å². The molecule has 0 bridgehead atoms. The van der Waals surface area contributed by atoms with Gasteiger partial charge in [0, 0.05) is 23.4 Å². The van der Waals surface area contributed by atoms with Crippen LogP contribution in [0.2, 0.25) is 0 Å². The van der Waals surface area contributed by atoms with E-state index in [0.29, 0.717) is 40.7 Å². The van der Waals surface area contributed by atoms with Crippen LogP contribution in [0.15, 0.2) is 73.1 Å². The number of benzene rings is 3. The maximum atomic E-state index is 5.44. The molecule has 0 radical (unpaired) electrons. The first kappa shape index (κ1) is 25.3. The van der Waals surface area contributed by atoms with Gasteiger partial charge in [-0.05, 0) is 17.7 Å². The maximum Gasteiger partial charge on any atom is 0.233 e. The molecule has 0 spiro atoms. The van der Waals surface area contributed by atoms with Crippen LogP contribution in [-0.2, 0) is 0 Å². The van der Waals surface area contributed by atoms with Crippen molar-refractivity contribution in [1.29, 1.82) is 0 Å². The van der Waals surface area contributed by atoms with Crippen molar-refractivity contribution < 1.29 is 18.9 Å². The van der Waals surface area contributed by atoms with Crippen molar-refractivity contribution >= 4 is 23.4 Å². The fourth-order valence-electron chi connectivity index (χ4n) is 4.09. The molecule has 0 saturated heterocycles. The summed E-state index contributed by atoms with van der Waals surface area (Å²) >= 11 is 0. The van der Waals surface area contributed by atoms with Crippen LogP contribution in [0, 0.1) is 0 Å². The zero-order valence-corrected chi connectivity index (χ0v) is 21.9. The highest BCUT2D eigenvalue weighted by Gasteiger charge is 2.19. The van der Waals surface area contributed by atoms with Crippen LogP contribution in [-0.4, -0.2) is 53.6 Å². The van der Waals surface area contributed by atoms with Crippen LogP contribution < -0.4 is 29.6 Å². The summed E-state index contributed by atoms with van der Waals surface area (Å²) < 4.78 is 21.6. The lowest BCUT2D eigenvalue weighted by Crippen LogP contribution is -2.04. The second-order valence-electron chi connectivity index (χ2n) is 8.21. The number of H-pyrrole nitrogens is 1. The lowest BCUT2D eigenvalue weighted by molar-refractivity contribution is 0.324. The van der Waals surface area contributed by atoms with Gasteiger partial charge in [0.25, 0.3) is 0 Å². The van der Waals surface area contributed by atoms with Crippen LogP contribution in [0.3, 0.4) is 0 Å². The van der Waals surface area contributed by atoms with Crippen molar-refractivity contribution in [2.75, 3.05) is 39.1 Å². The Bertz CT molecular complexity index is 1530. The number of aromatic amines is 1. The van der Waals surface area contributed by atoms with E-state index in [-0.39, 0.29) is 0 Å². The van der Waals surface area contributed by atoms with E-state index in [1.165, 1.54) is 6.33 Å². The topological polar surface area (TPSA) is 128 Å². The Hall–Kier alpha value is -5.32. The molecular weight excluding hydrogens is 498 g/mol. The van der Waals surface area contributed by atoms with Gasteiger partial charge in [-0.3, -0.25) is 5.10 Å². The predicted molar refractivity (Wildman–Crippen MR) is 149 cm³/mol. The average molecular weight is 526 g/mol. The number of anilines is 4. The Morgan fingerprint density at radius 1 is 0.692 bits per heavy atom. The second-order valence-corrected chi connectivity index (χ2v) is 8.21. The van der Waals surface area contributed by atoms with E-state index in [9.17, 15) is 0 Å². The zero-order valence-electron chi connectivity index (χ0n) is 21.9. The summed E-state index contributed by atoms with van der Waals surface area (Å²) in [5, 5.41) is 14.1. The van der Waals surface area contributed by atoms with Crippen molar-refractivity contribution in [2.24, 2.45) is 0 Å². The molecule has 0 saturated carbocycles. The van der Waals surface area contributed by atoms with E-state index in [2.05, 4.69) is 35.8 Å². The summed E-state index contributed by atoms with van der Waals surface area (Å²) in [6.07, 6.45) is 1.41. The molecule has 0 fully saturated rings. The zero-order chi connectivity index (χ0) is 27.2. The van der Waals surface area contributed by atoms with Crippen LogP contribution in [0.5, 0.6) is 23.0 Å². The minimum atomic E-state index is 0.306. The standard InChI is InChI=1S/C28H27N7O4/c1-36-20-12-10-17(11-13-20)23-24(18-8-6-5-7-9-18)34-35-26(23)32-28-30-16-29-27(33-28)31-19-14-21(37-2)25(39-4)22(15-19)38-3/h5-16H,1-4H3,(H3,29,30,31,32,33,34,35). The van der Waals surface area contributed by atoms with Crippen LogP contribution >= 0.6 is 0 Å². The molecule has 5 rings (SSSR count). The predicted octanol–water partition coefficient (Wildman–Crippen LogP) is 5.45. The van der Waals surface area contributed by atoms with Gasteiger partial charge in [0.2, 0.25) is 17.6 Å². The quantitative estimate of drug-likeness (QED) is 0.216. The molecule has 11 nitrogen and oxygen atoms in total. The molecule has 0 atom stereocenters. The van der Waals surface area contributed by atoms with E-state index in [0.717, 1.165) is 28.1 Å². The molecule has 0 aliphatic rings. The molecule has 3 N–H and O–H groups in total. The lowest BCUT2D eigenvalue weighted by Gasteiger charge is -2.14. The van der Waals surface area contributed by atoms with Crippen LogP contribution in [0.25, 0.3) is 22.4 Å². The molecule has 0 aliphatic heterocycles. The van der Waals surface area contributed by atoms with Gasteiger partial charge in [-0.15, -0.1) is 0 Å². The third-order valence-corrected chi connectivity index (χ3v) is 5.93. The summed E-state index contributed by atoms with van der Waals surface area (Å²) in [6.45, 7) is 0. The number of aromatic nitrogens is 5. The number of hydrogen-bond donors (Lipinski definition) is 3. The SMILES string of the molecule is COc1ccc(-c2c(Nc3ncnc(Nc4cc(OC)c(OC)c(OC)c4)n3)n[nH]c2-c2ccccc2)cc1. The number of nitrogens with one attached hydrogen (secondary N) is 3. The third-order valence-electron chi connectivity index (χ3n) is 5.93. The molecular formula is C28H27N7O4. The van der Waals surface area contributed by atoms with Crippen molar-refractivity contribution in [3.63, 3.8) is 0 Å². The van der Waals surface area contributed by atoms with Gasteiger partial charge in [-0.2, -0.15) is 10.1 Å². The van der Waals surface area contributed by atoms with Gasteiger partial charge >= 0.3 is 0 Å². The first-order chi connectivity index (χ1) is 19.1. The maximum absolute atomic E-state index is 5.44. The largest absolute Gasteiger partial charge is 0.497 e. The second kappa shape index (κ2) is 11.4. The van der Waals surface area contributed by atoms with E-state index < -0.39 is 0 Å². The van der Waals surface area contributed by atoms with Gasteiger partial charge in [-0.1, -0.05) is 42.5 Å². The summed E-state index contributed by atoms with van der Waals surface area (Å²) in [5.41, 5.74) is 4.29. The number of rotatable bonds is 10. The fraction of sp³-hybridized carbons (Fsp3) is 0.143. The number of methoxy groups -OCH3 is 4. The van der Waals surface area contributed by atoms with Gasteiger partial charge in [-0.25, -0.2) is 9.97 Å². The number of nitrogens with zero attached hydrogens (tertiary/aromatic N) is 4. The molecule has 3 aromatic carbocycles. The Morgan fingerprint density at radius 2 is 1.36 bits per heavy atom. The van der Waals surface area contributed by atoms with Crippen molar-refractivity contribution in [1.82, 2.24) is 25.1 Å². The Morgan fingerprint density at radius 3 is 1.97 bits per heavy atom. The van der Waals surface area contributed by atoms with Gasteiger partial charge < -0.3 is 29.6 Å². The smallest absolute Gasteiger partial charge is 0.233 e. The fourth-order valence-corrected chi connectivity index (χ4v) is 4.09. The normalized spacial score (nSPS) is 10.6. The summed E-state index contributed by atoms with van der Waals surface area (Å²) in [4.78, 5) is 13.1. The first-order valence-corrected chi connectivity index (χ1v) is 11.9. The van der Waals surface area contributed by atoms with Gasteiger partial charge in [0.1, 0.15) is 12.1 Å². The highest BCUT2D eigenvalue weighted by molar-refractivity contribution is 5.89. The average Bonchev–Trinajstić information content (AvgIpc) is 3.40. The van der Waals surface area contributed by atoms with E-state index >= 15 is 0 Å². The Labute approximate surface area is 225 Å². The minimum Gasteiger partial charge on any atom is -0.497 e. The van der Waals surface area contributed by atoms with Gasteiger partial charge in [0.05, 0.1) is 39.7 Å². The molecule has 2 heterocycles. The lowest BCUT2D eigenvalue weighted by atomic mass is 10.0. The van der Waals surface area contributed by atoms with Gasteiger partial charge in [0.15, 0.2) is 17.3 Å². The molecule has 5 aromatic rings. The van der Waals surface area contributed by atoms with Crippen molar-refractivity contribution in [3.8, 4) is 45.4 Å². The molecule has 11 heteroatoms. The summed E-state index contributed by atoms with van der Waals surface area (Å²) in [6, 6.07) is 21.3. The Kier molecular flexibility index (Phi) is 7.39. The number of ether oxygens (including phenoxy) is 4. The van der Waals surface area contributed by atoms with Crippen LogP contribution in [0.4, 0.5) is 23.4 Å². The van der Waals surface area contributed by atoms with Crippen molar-refractivity contribution in [2.45, 2.75) is 0 Å². The molecule has 0 unspecified atom stereocenters. The van der Waals surface area contributed by atoms with Crippen molar-refractivity contribution in [3.05, 3.63) is 73.1 Å². The molecule has 0 aliphatic carbocycles. The molecule has 198 valence electrons. The number of hydrogen-bond acceptors (Lipinski definition) is 10. The molecule has 0 amide bonds.